The number of ether oxygens (including phenoxy) is 1. The van der Waals surface area contributed by atoms with Gasteiger partial charge in [0.1, 0.15) is 31.2 Å². The van der Waals surface area contributed by atoms with Crippen LogP contribution in [0.4, 0.5) is 28.6 Å². The lowest BCUT2D eigenvalue weighted by molar-refractivity contribution is -0.671. The molecule has 0 N–H and O–H groups in total. The van der Waals surface area contributed by atoms with Gasteiger partial charge in [-0.25, -0.2) is 13.9 Å². The molecule has 2 aliphatic rings. The number of hydrogen-bond donors (Lipinski definition) is 0. The first-order chi connectivity index (χ1) is 21.4. The van der Waals surface area contributed by atoms with Gasteiger partial charge in [-0.2, -0.15) is 0 Å². The Morgan fingerprint density at radius 3 is 2.16 bits per heavy atom. The van der Waals surface area contributed by atoms with Gasteiger partial charge in [0.05, 0.1) is 24.0 Å². The number of carbonyl (C=O) groups excluding carboxylic acids is 2. The molecule has 4 aromatic rings. The first-order valence-electron chi connectivity index (χ1n) is 14.8. The van der Waals surface area contributed by atoms with Gasteiger partial charge in [0.2, 0.25) is 12.2 Å². The number of aromatic nitrogens is 2. The molecular formula is C33H35BF4N4O3. The fourth-order valence-electron chi connectivity index (χ4n) is 6.28. The van der Waals surface area contributed by atoms with Crippen LogP contribution in [-0.2, 0) is 23.1 Å². The van der Waals surface area contributed by atoms with Crippen LogP contribution in [-0.4, -0.2) is 42.5 Å². The Hall–Kier alpha value is -4.61. The van der Waals surface area contributed by atoms with E-state index in [0.29, 0.717) is 18.5 Å². The summed E-state index contributed by atoms with van der Waals surface area (Å²) < 4.78 is 48.5. The Bertz CT molecular complexity index is 1590. The van der Waals surface area contributed by atoms with Crippen molar-refractivity contribution in [3.63, 3.8) is 0 Å². The third-order valence-electron chi connectivity index (χ3n) is 8.32. The van der Waals surface area contributed by atoms with Gasteiger partial charge in [-0.1, -0.05) is 60.7 Å². The van der Waals surface area contributed by atoms with Gasteiger partial charge in [-0.15, -0.1) is 0 Å². The lowest BCUT2D eigenvalue weighted by Crippen LogP contribution is -2.52. The van der Waals surface area contributed by atoms with Crippen molar-refractivity contribution in [2.45, 2.75) is 44.3 Å². The molecule has 0 spiro atoms. The third kappa shape index (κ3) is 7.38. The molecule has 0 radical (unpaired) electrons. The monoisotopic (exact) mass is 622 g/mol. The minimum absolute atomic E-state index is 0.0971. The maximum Gasteiger partial charge on any atom is 0.673 e. The summed E-state index contributed by atoms with van der Waals surface area (Å²) in [6, 6.07) is 26.9. The van der Waals surface area contributed by atoms with Gasteiger partial charge in [-0.05, 0) is 49.1 Å². The smallest absolute Gasteiger partial charge is 0.458 e. The molecule has 1 atom stereocenters. The molecule has 0 aliphatic carbocycles. The average molecular weight is 622 g/mol. The first-order valence-corrected chi connectivity index (χ1v) is 14.8. The van der Waals surface area contributed by atoms with E-state index in [1.807, 2.05) is 58.0 Å². The largest absolute Gasteiger partial charge is 0.673 e. The van der Waals surface area contributed by atoms with Gasteiger partial charge in [0.15, 0.2) is 0 Å². The zero-order valence-corrected chi connectivity index (χ0v) is 25.2. The SMILES string of the molecule is C[n+]1ccn(CCOC(=O)c2ccc3c(c2)N2C(=O)CCC2(C)N3CCC(c2ccccc2)c2ccccc2)c1.F[B-](F)(F)F. The fourth-order valence-corrected chi connectivity index (χ4v) is 6.28. The van der Waals surface area contributed by atoms with E-state index in [4.69, 9.17) is 4.74 Å². The zero-order chi connectivity index (χ0) is 32.2. The van der Waals surface area contributed by atoms with Crippen molar-refractivity contribution in [1.82, 2.24) is 4.57 Å². The van der Waals surface area contributed by atoms with Crippen molar-refractivity contribution in [1.29, 1.82) is 0 Å². The number of aryl methyl sites for hydroxylation is 1. The van der Waals surface area contributed by atoms with Crippen LogP contribution in [0, 0.1) is 0 Å². The highest BCUT2D eigenvalue weighted by molar-refractivity contribution is 6.50. The van der Waals surface area contributed by atoms with Crippen molar-refractivity contribution < 1.29 is 36.2 Å². The van der Waals surface area contributed by atoms with Gasteiger partial charge in [0, 0.05) is 18.9 Å². The number of imidazole rings is 1. The van der Waals surface area contributed by atoms with E-state index in [9.17, 15) is 26.9 Å². The molecule has 6 rings (SSSR count). The van der Waals surface area contributed by atoms with Crippen LogP contribution in [0.25, 0.3) is 0 Å². The van der Waals surface area contributed by atoms with E-state index in [2.05, 4.69) is 72.5 Å². The summed E-state index contributed by atoms with van der Waals surface area (Å²) in [5.74, 6) is -0.0448. The van der Waals surface area contributed by atoms with E-state index >= 15 is 0 Å². The molecule has 1 amide bonds. The molecule has 2 aliphatic heterocycles. The van der Waals surface area contributed by atoms with Crippen LogP contribution < -0.4 is 14.4 Å². The molecule has 12 heteroatoms. The number of halogens is 4. The fraction of sp³-hybridized carbons (Fsp3) is 0.303. The summed E-state index contributed by atoms with van der Waals surface area (Å²) in [7, 11) is -4.05. The summed E-state index contributed by atoms with van der Waals surface area (Å²) in [5.41, 5.74) is 4.37. The number of rotatable bonds is 9. The average Bonchev–Trinajstić information content (AvgIpc) is 3.64. The van der Waals surface area contributed by atoms with E-state index in [1.165, 1.54) is 11.1 Å². The number of nitrogens with zero attached hydrogens (tertiary/aromatic N) is 4. The van der Waals surface area contributed by atoms with Crippen molar-refractivity contribution >= 4 is 30.5 Å². The number of amides is 1. The van der Waals surface area contributed by atoms with Gasteiger partial charge < -0.3 is 26.9 Å². The van der Waals surface area contributed by atoms with Crippen molar-refractivity contribution in [2.24, 2.45) is 7.05 Å². The van der Waals surface area contributed by atoms with Gasteiger partial charge >= 0.3 is 13.2 Å². The van der Waals surface area contributed by atoms with Crippen LogP contribution in [0.5, 0.6) is 0 Å². The number of carbonyl (C=O) groups is 2. The summed E-state index contributed by atoms with van der Waals surface area (Å²) in [4.78, 5) is 30.4. The zero-order valence-electron chi connectivity index (χ0n) is 25.2. The highest BCUT2D eigenvalue weighted by atomic mass is 19.5. The van der Waals surface area contributed by atoms with E-state index < -0.39 is 12.9 Å². The van der Waals surface area contributed by atoms with Crippen molar-refractivity contribution in [3.05, 3.63) is 114 Å². The predicted octanol–water partition coefficient (Wildman–Crippen LogP) is 6.35. The molecule has 3 heterocycles. The molecule has 0 saturated carbocycles. The molecule has 1 aromatic heterocycles. The quantitative estimate of drug-likeness (QED) is 0.0945. The Morgan fingerprint density at radius 2 is 1.58 bits per heavy atom. The maximum absolute atomic E-state index is 13.1. The highest BCUT2D eigenvalue weighted by Gasteiger charge is 2.53. The van der Waals surface area contributed by atoms with E-state index in [1.54, 1.807) is 0 Å². The molecule has 1 saturated heterocycles. The predicted molar refractivity (Wildman–Crippen MR) is 164 cm³/mol. The van der Waals surface area contributed by atoms with Crippen LogP contribution in [0.3, 0.4) is 0 Å². The molecule has 7 nitrogen and oxygen atoms in total. The highest BCUT2D eigenvalue weighted by Crippen LogP contribution is 2.51. The summed E-state index contributed by atoms with van der Waals surface area (Å²) in [6.07, 6.45) is 7.97. The number of fused-ring (bicyclic) bond motifs is 3. The normalized spacial score (nSPS) is 17.2. The molecular weight excluding hydrogens is 587 g/mol. The molecule has 45 heavy (non-hydrogen) atoms. The molecule has 3 aromatic carbocycles. The second-order valence-corrected chi connectivity index (χ2v) is 11.4. The van der Waals surface area contributed by atoms with Crippen LogP contribution in [0.1, 0.15) is 53.6 Å². The Balaban J connectivity index is 0.000000743. The minimum Gasteiger partial charge on any atom is -0.458 e. The van der Waals surface area contributed by atoms with E-state index in [-0.39, 0.29) is 24.4 Å². The van der Waals surface area contributed by atoms with E-state index in [0.717, 1.165) is 30.8 Å². The topological polar surface area (TPSA) is 58.7 Å². The Labute approximate surface area is 259 Å². The molecule has 236 valence electrons. The van der Waals surface area contributed by atoms with Crippen molar-refractivity contribution in [3.8, 4) is 0 Å². The number of esters is 1. The van der Waals surface area contributed by atoms with Gasteiger partial charge in [0.25, 0.3) is 0 Å². The van der Waals surface area contributed by atoms with Crippen molar-refractivity contribution in [2.75, 3.05) is 23.0 Å². The van der Waals surface area contributed by atoms with Gasteiger partial charge in [-0.3, -0.25) is 9.69 Å². The lowest BCUT2D eigenvalue weighted by atomic mass is 9.88. The standard InChI is InChI=1S/C33H35N4O3.BF4/c1-33-17-15-31(38)37(33)30-23-27(32(39)40-22-21-35-20-19-34(2)24-35)13-14-29(30)36(33)18-16-28(25-9-5-3-6-10-25)26-11-7-4-8-12-26;2-1(3,4)5/h3-14,19-20,23-24,28H,15-18,21-22H2,1-2H3;/q+1;-1. The first kappa shape index (κ1) is 31.8. The summed E-state index contributed by atoms with van der Waals surface area (Å²) in [6.45, 7) is 3.78. The second-order valence-electron chi connectivity index (χ2n) is 11.4. The molecule has 1 unspecified atom stereocenters. The molecule has 0 bridgehead atoms. The Kier molecular flexibility index (Phi) is 9.31. The summed E-state index contributed by atoms with van der Waals surface area (Å²) in [5, 5.41) is 0. The maximum atomic E-state index is 13.1. The Morgan fingerprint density at radius 1 is 0.956 bits per heavy atom. The summed E-state index contributed by atoms with van der Waals surface area (Å²) >= 11 is 0. The molecule has 1 fully saturated rings. The number of anilines is 2. The minimum atomic E-state index is -6.00. The number of benzene rings is 3. The van der Waals surface area contributed by atoms with Crippen LogP contribution in [0.15, 0.2) is 97.6 Å². The number of hydrogen-bond acceptors (Lipinski definition) is 4. The van der Waals surface area contributed by atoms with Crippen LogP contribution >= 0.6 is 0 Å². The second kappa shape index (κ2) is 13.2. The lowest BCUT2D eigenvalue weighted by Gasteiger charge is -2.38. The van der Waals surface area contributed by atoms with Crippen LogP contribution in [0.2, 0.25) is 0 Å². The third-order valence-corrected chi connectivity index (χ3v) is 8.32.